The highest BCUT2D eigenvalue weighted by Crippen LogP contribution is 2.31. The Morgan fingerprint density at radius 3 is 2.45 bits per heavy atom. The summed E-state index contributed by atoms with van der Waals surface area (Å²) < 4.78 is 65.8. The van der Waals surface area contributed by atoms with Crippen LogP contribution in [-0.2, 0) is 30.4 Å². The van der Waals surface area contributed by atoms with Crippen LogP contribution in [0.25, 0.3) is 11.0 Å². The number of sulfone groups is 1. The number of amides is 1. The summed E-state index contributed by atoms with van der Waals surface area (Å²) in [6, 6.07) is 16.3. The lowest BCUT2D eigenvalue weighted by Gasteiger charge is -2.19. The van der Waals surface area contributed by atoms with Gasteiger partial charge in [-0.25, -0.2) is 18.2 Å². The molecule has 0 fully saturated rings. The maximum Gasteiger partial charge on any atom is 0.413 e. The number of halogens is 1. The van der Waals surface area contributed by atoms with E-state index in [4.69, 9.17) is 20.8 Å². The van der Waals surface area contributed by atoms with Gasteiger partial charge < -0.3 is 9.15 Å². The molecule has 0 spiro atoms. The first-order valence-corrected chi connectivity index (χ1v) is 14.7. The van der Waals surface area contributed by atoms with E-state index in [9.17, 15) is 21.6 Å². The number of carbonyl (C=O) groups excluding carboxylic acids is 1. The molecule has 4 aromatic rings. The smallest absolute Gasteiger partial charge is 0.413 e. The van der Waals surface area contributed by atoms with Crippen LogP contribution in [-0.4, -0.2) is 33.5 Å². The van der Waals surface area contributed by atoms with Crippen molar-refractivity contribution in [3.05, 3.63) is 77.4 Å². The average Bonchev–Trinajstić information content (AvgIpc) is 3.23. The number of hydrogen-bond acceptors (Lipinski definition) is 8. The third kappa shape index (κ3) is 6.63. The second kappa shape index (κ2) is 10.3. The highest BCUT2D eigenvalue weighted by Gasteiger charge is 2.26. The molecule has 0 aliphatic heterocycles. The zero-order valence-corrected chi connectivity index (χ0v) is 22.9. The Morgan fingerprint density at radius 1 is 1.00 bits per heavy atom. The number of carbonyl (C=O) groups is 1. The molecule has 0 aliphatic rings. The van der Waals surface area contributed by atoms with Crippen LogP contribution in [0, 0.1) is 0 Å². The number of sulfonamides is 1. The molecule has 2 heterocycles. The van der Waals surface area contributed by atoms with Gasteiger partial charge in [0, 0.05) is 16.5 Å². The van der Waals surface area contributed by atoms with E-state index in [0.29, 0.717) is 11.0 Å². The number of rotatable bonds is 7. The van der Waals surface area contributed by atoms with E-state index in [1.54, 1.807) is 45.0 Å². The Labute approximate surface area is 224 Å². The van der Waals surface area contributed by atoms with E-state index in [0.717, 1.165) is 0 Å². The molecular weight excluding hydrogens is 554 g/mol. The van der Waals surface area contributed by atoms with E-state index >= 15 is 0 Å². The quantitative estimate of drug-likeness (QED) is 0.288. The lowest BCUT2D eigenvalue weighted by molar-refractivity contribution is 0.0635. The van der Waals surface area contributed by atoms with Crippen LogP contribution < -0.4 is 10.0 Å². The summed E-state index contributed by atoms with van der Waals surface area (Å²) in [7, 11) is -8.44. The number of pyridine rings is 1. The van der Waals surface area contributed by atoms with Crippen molar-refractivity contribution in [3.63, 3.8) is 0 Å². The molecule has 4 rings (SSSR count). The summed E-state index contributed by atoms with van der Waals surface area (Å²) in [4.78, 5) is 15.9. The minimum Gasteiger partial charge on any atom is -0.444 e. The van der Waals surface area contributed by atoms with Gasteiger partial charge in [0.2, 0.25) is 5.09 Å². The number of para-hydroxylation sites is 1. The first-order valence-electron chi connectivity index (χ1n) is 11.2. The second-order valence-corrected chi connectivity index (χ2v) is 13.3. The van der Waals surface area contributed by atoms with Crippen LogP contribution in [0.5, 0.6) is 0 Å². The minimum absolute atomic E-state index is 0.0915. The molecular formula is C25H24ClN3O7S2. The molecule has 0 bridgehead atoms. The Bertz CT molecular complexity index is 1690. The highest BCUT2D eigenvalue weighted by atomic mass is 35.5. The van der Waals surface area contributed by atoms with Gasteiger partial charge >= 0.3 is 6.09 Å². The largest absolute Gasteiger partial charge is 0.444 e. The summed E-state index contributed by atoms with van der Waals surface area (Å²) in [5, 5.41) is 2.76. The van der Waals surface area contributed by atoms with Gasteiger partial charge in [0.15, 0.2) is 9.84 Å². The van der Waals surface area contributed by atoms with E-state index in [-0.39, 0.29) is 32.2 Å². The normalized spacial score (nSPS) is 12.3. The van der Waals surface area contributed by atoms with E-state index in [1.165, 1.54) is 42.5 Å². The first kappa shape index (κ1) is 27.4. The number of nitrogens with zero attached hydrogens (tertiary/aromatic N) is 1. The summed E-state index contributed by atoms with van der Waals surface area (Å²) in [5.74, 6) is -0.494. The molecule has 0 aliphatic carbocycles. The predicted octanol–water partition coefficient (Wildman–Crippen LogP) is 5.60. The molecule has 38 heavy (non-hydrogen) atoms. The van der Waals surface area contributed by atoms with Gasteiger partial charge in [-0.05, 0) is 57.2 Å². The van der Waals surface area contributed by atoms with Gasteiger partial charge in [-0.1, -0.05) is 35.9 Å². The number of ether oxygens (including phenoxy) is 1. The van der Waals surface area contributed by atoms with Gasteiger partial charge in [-0.3, -0.25) is 10.0 Å². The number of anilines is 2. The molecule has 200 valence electrons. The van der Waals surface area contributed by atoms with Crippen molar-refractivity contribution in [2.45, 2.75) is 42.1 Å². The third-order valence-corrected chi connectivity index (χ3v) is 8.12. The van der Waals surface area contributed by atoms with E-state index in [2.05, 4.69) is 15.0 Å². The lowest BCUT2D eigenvalue weighted by Crippen LogP contribution is -2.27. The number of hydrogen-bond donors (Lipinski definition) is 2. The van der Waals surface area contributed by atoms with Crippen molar-refractivity contribution in [1.29, 1.82) is 0 Å². The standard InChI is InChI=1S/C25H24ClN3O7S2/c1-25(2,3)36-24(30)28-22-10-6-8-18(27-22)15-37(31,32)21-12-11-17(26)14-19(21)29-38(33,34)23-13-16-7-4-5-9-20(16)35-23/h4-14,29H,15H2,1-3H3,(H,27,28,30). The fourth-order valence-corrected chi connectivity index (χ4v) is 6.15. The molecule has 0 atom stereocenters. The predicted molar refractivity (Wildman–Crippen MR) is 143 cm³/mol. The van der Waals surface area contributed by atoms with Crippen LogP contribution in [0.4, 0.5) is 16.3 Å². The van der Waals surface area contributed by atoms with Crippen molar-refractivity contribution < 1.29 is 30.8 Å². The Hall–Kier alpha value is -3.61. The Balaban J connectivity index is 1.61. The molecule has 2 aromatic carbocycles. The molecule has 0 unspecified atom stereocenters. The molecule has 1 amide bonds. The fourth-order valence-electron chi connectivity index (χ4n) is 3.45. The maximum atomic E-state index is 13.4. The summed E-state index contributed by atoms with van der Waals surface area (Å²) in [5.41, 5.74) is -0.510. The molecule has 0 saturated heterocycles. The lowest BCUT2D eigenvalue weighted by atomic mass is 10.2. The number of nitrogens with one attached hydrogen (secondary N) is 2. The molecule has 13 heteroatoms. The zero-order chi connectivity index (χ0) is 27.7. The topological polar surface area (TPSA) is 145 Å². The number of furan rings is 1. The third-order valence-electron chi connectivity index (χ3n) is 4.96. The Kier molecular flexibility index (Phi) is 7.42. The number of aromatic nitrogens is 1. The van der Waals surface area contributed by atoms with E-state index in [1.807, 2.05) is 0 Å². The van der Waals surface area contributed by atoms with Gasteiger partial charge in [0.05, 0.1) is 22.0 Å². The first-order chi connectivity index (χ1) is 17.7. The van der Waals surface area contributed by atoms with Crippen LogP contribution in [0.1, 0.15) is 26.5 Å². The second-order valence-electron chi connectivity index (χ2n) is 9.25. The molecule has 2 N–H and O–H groups in total. The summed E-state index contributed by atoms with van der Waals surface area (Å²) >= 11 is 6.06. The van der Waals surface area contributed by atoms with Crippen LogP contribution in [0.3, 0.4) is 0 Å². The van der Waals surface area contributed by atoms with Crippen molar-refractivity contribution >= 4 is 60.0 Å². The number of fused-ring (bicyclic) bond motifs is 1. The molecule has 2 aromatic heterocycles. The monoisotopic (exact) mass is 577 g/mol. The Morgan fingerprint density at radius 2 is 1.74 bits per heavy atom. The minimum atomic E-state index is -4.30. The van der Waals surface area contributed by atoms with Crippen LogP contribution >= 0.6 is 11.6 Å². The molecule has 10 nitrogen and oxygen atoms in total. The summed E-state index contributed by atoms with van der Waals surface area (Å²) in [6.45, 7) is 5.11. The van der Waals surface area contributed by atoms with Gasteiger partial charge in [-0.2, -0.15) is 8.42 Å². The maximum absolute atomic E-state index is 13.4. The van der Waals surface area contributed by atoms with Crippen molar-refractivity contribution in [2.24, 2.45) is 0 Å². The molecule has 0 saturated carbocycles. The van der Waals surface area contributed by atoms with Gasteiger partial charge in [-0.15, -0.1) is 0 Å². The van der Waals surface area contributed by atoms with Crippen LogP contribution in [0.2, 0.25) is 5.02 Å². The van der Waals surface area contributed by atoms with Crippen molar-refractivity contribution in [2.75, 3.05) is 10.0 Å². The van der Waals surface area contributed by atoms with Gasteiger partial charge in [0.1, 0.15) is 17.0 Å². The average molecular weight is 578 g/mol. The highest BCUT2D eigenvalue weighted by molar-refractivity contribution is 7.93. The summed E-state index contributed by atoms with van der Waals surface area (Å²) in [6.07, 6.45) is -0.745. The van der Waals surface area contributed by atoms with Gasteiger partial charge in [0.25, 0.3) is 10.0 Å². The molecule has 0 radical (unpaired) electrons. The SMILES string of the molecule is CC(C)(C)OC(=O)Nc1cccc(CS(=O)(=O)c2ccc(Cl)cc2NS(=O)(=O)c2cc3ccccc3o2)n1. The zero-order valence-electron chi connectivity index (χ0n) is 20.6. The van der Waals surface area contributed by atoms with Crippen LogP contribution in [0.15, 0.2) is 81.1 Å². The van der Waals surface area contributed by atoms with Crippen molar-refractivity contribution in [1.82, 2.24) is 4.98 Å². The number of benzene rings is 2. The van der Waals surface area contributed by atoms with Crippen molar-refractivity contribution in [3.8, 4) is 0 Å². The van der Waals surface area contributed by atoms with E-state index < -0.39 is 37.3 Å². The fraction of sp³-hybridized carbons (Fsp3) is 0.200.